The Balaban J connectivity index is 1.03. The zero-order valence-electron chi connectivity index (χ0n) is 42.1. The lowest BCUT2D eigenvalue weighted by molar-refractivity contribution is -0.143. The van der Waals surface area contributed by atoms with E-state index < -0.39 is 83.0 Å². The Morgan fingerprint density at radius 3 is 1.21 bits per heavy atom. The SMILES string of the molecule is CC(C)(C)OC(=O)NCc1ccc(CCC(=O)N2CC(NC(=O)CN3CCC(=O)N(CC(=O)NC4CC(C(N)=O)N(C(=O)CCc5ccc(CNC(=O)OC(C)(C)C)cc5)C4)CCC3=O)CC2C(N)=O)cc1. The average Bonchev–Trinajstić information content (AvgIpc) is 3.93. The Hall–Kier alpha value is -7.26. The van der Waals surface area contributed by atoms with Crippen molar-refractivity contribution in [2.75, 3.05) is 39.3 Å². The van der Waals surface area contributed by atoms with Crippen LogP contribution in [0.2, 0.25) is 0 Å². The number of hydrogen-bond acceptors (Lipinski definition) is 12. The first kappa shape index (κ1) is 55.7. The van der Waals surface area contributed by atoms with E-state index >= 15 is 0 Å². The molecular formula is C50H70N10O12. The van der Waals surface area contributed by atoms with Gasteiger partial charge in [-0.15, -0.1) is 0 Å². The molecule has 0 saturated carbocycles. The first-order valence-corrected chi connectivity index (χ1v) is 24.2. The molecule has 10 amide bonds. The van der Waals surface area contributed by atoms with E-state index in [9.17, 15) is 47.9 Å². The predicted octanol–water partition coefficient (Wildman–Crippen LogP) is 0.894. The van der Waals surface area contributed by atoms with E-state index in [2.05, 4.69) is 21.3 Å². The van der Waals surface area contributed by atoms with E-state index in [0.717, 1.165) is 22.3 Å². The van der Waals surface area contributed by atoms with Crippen molar-refractivity contribution in [2.45, 2.75) is 141 Å². The van der Waals surface area contributed by atoms with Crippen LogP contribution in [-0.4, -0.2) is 154 Å². The lowest BCUT2D eigenvalue weighted by Gasteiger charge is -2.30. The number of nitrogens with two attached hydrogens (primary N) is 2. The van der Waals surface area contributed by atoms with Gasteiger partial charge in [-0.3, -0.25) is 38.4 Å². The summed E-state index contributed by atoms with van der Waals surface area (Å²) in [4.78, 5) is 134. The first-order chi connectivity index (χ1) is 33.8. The molecule has 0 bridgehead atoms. The highest BCUT2D eigenvalue weighted by Gasteiger charge is 2.41. The molecule has 4 atom stereocenters. The minimum absolute atomic E-state index is 0.0322. The second-order valence-corrected chi connectivity index (χ2v) is 20.4. The number of aryl methyl sites for hydroxylation is 2. The third kappa shape index (κ3) is 17.5. The Labute approximate surface area is 419 Å². The number of likely N-dealkylation sites (tertiary alicyclic amines) is 2. The topological polar surface area (TPSA) is 302 Å². The molecule has 2 aromatic rings. The molecule has 8 N–H and O–H groups in total. The number of alkyl carbamates (subject to hydrolysis) is 2. The van der Waals surface area contributed by atoms with E-state index in [-0.39, 0.29) is 103 Å². The van der Waals surface area contributed by atoms with Gasteiger partial charge in [0.25, 0.3) is 0 Å². The Bertz CT molecular complexity index is 2170. The van der Waals surface area contributed by atoms with Crippen LogP contribution in [0.15, 0.2) is 48.5 Å². The number of primary amides is 2. The van der Waals surface area contributed by atoms with Crippen LogP contribution < -0.4 is 32.7 Å². The van der Waals surface area contributed by atoms with Crippen LogP contribution in [0, 0.1) is 0 Å². The van der Waals surface area contributed by atoms with Crippen molar-refractivity contribution < 1.29 is 57.4 Å². The van der Waals surface area contributed by atoms with E-state index in [0.29, 0.717) is 12.8 Å². The van der Waals surface area contributed by atoms with Crippen LogP contribution in [0.25, 0.3) is 0 Å². The molecule has 72 heavy (non-hydrogen) atoms. The van der Waals surface area contributed by atoms with Gasteiger partial charge in [0.15, 0.2) is 0 Å². The molecular weight excluding hydrogens is 933 g/mol. The van der Waals surface area contributed by atoms with Crippen LogP contribution in [-0.2, 0) is 73.8 Å². The minimum atomic E-state index is -0.947. The minimum Gasteiger partial charge on any atom is -0.444 e. The lowest BCUT2D eigenvalue weighted by Crippen LogP contribution is -2.50. The van der Waals surface area contributed by atoms with Gasteiger partial charge < -0.3 is 61.8 Å². The molecule has 5 rings (SSSR count). The van der Waals surface area contributed by atoms with Crippen molar-refractivity contribution in [1.29, 1.82) is 0 Å². The summed E-state index contributed by atoms with van der Waals surface area (Å²) < 4.78 is 10.5. The highest BCUT2D eigenvalue weighted by atomic mass is 16.6. The van der Waals surface area contributed by atoms with E-state index in [4.69, 9.17) is 20.9 Å². The molecule has 0 radical (unpaired) electrons. The monoisotopic (exact) mass is 1000 g/mol. The van der Waals surface area contributed by atoms with Crippen molar-refractivity contribution in [3.8, 4) is 0 Å². The molecule has 22 heteroatoms. The van der Waals surface area contributed by atoms with E-state index in [1.807, 2.05) is 48.5 Å². The molecule has 0 aromatic heterocycles. The van der Waals surface area contributed by atoms with Crippen LogP contribution in [0.3, 0.4) is 0 Å². The average molecular weight is 1000 g/mol. The number of benzene rings is 2. The summed E-state index contributed by atoms with van der Waals surface area (Å²) in [5, 5.41) is 11.0. The van der Waals surface area contributed by atoms with Gasteiger partial charge in [0.1, 0.15) is 23.3 Å². The van der Waals surface area contributed by atoms with Gasteiger partial charge in [-0.25, -0.2) is 9.59 Å². The molecule has 3 fully saturated rings. The van der Waals surface area contributed by atoms with Gasteiger partial charge in [-0.1, -0.05) is 48.5 Å². The molecule has 3 heterocycles. The van der Waals surface area contributed by atoms with Crippen molar-refractivity contribution in [3.63, 3.8) is 0 Å². The molecule has 22 nitrogen and oxygen atoms in total. The fourth-order valence-corrected chi connectivity index (χ4v) is 8.64. The second kappa shape index (κ2) is 24.7. The number of ether oxygens (including phenoxy) is 2. The molecule has 0 aliphatic carbocycles. The summed E-state index contributed by atoms with van der Waals surface area (Å²) in [5.41, 5.74) is 13.5. The van der Waals surface area contributed by atoms with E-state index in [1.54, 1.807) is 41.5 Å². The predicted molar refractivity (Wildman–Crippen MR) is 261 cm³/mol. The molecule has 392 valence electrons. The summed E-state index contributed by atoms with van der Waals surface area (Å²) in [6.45, 7) is 10.3. The zero-order valence-corrected chi connectivity index (χ0v) is 42.1. The fourth-order valence-electron chi connectivity index (χ4n) is 8.64. The maximum Gasteiger partial charge on any atom is 0.407 e. The quantitative estimate of drug-likeness (QED) is 0.121. The van der Waals surface area contributed by atoms with Gasteiger partial charge in [-0.2, -0.15) is 0 Å². The third-order valence-corrected chi connectivity index (χ3v) is 12.2. The van der Waals surface area contributed by atoms with Crippen molar-refractivity contribution in [3.05, 3.63) is 70.8 Å². The van der Waals surface area contributed by atoms with Crippen molar-refractivity contribution >= 4 is 59.4 Å². The standard InChI is InChI=1S/C50H70N10O12/c1-49(2,3)71-47(69)53-25-33-11-7-31(8-12-33)15-17-43(65)59-27-35(23-37(59)45(51)67)55-39(61)29-57-21-19-42(64)58(22-20-41(57)63)30-40(62)56-36-24-38(46(52)68)60(28-36)44(66)18-16-32-9-13-34(14-10-32)26-54-48(70)72-50(4,5)6/h7-14,35-38H,15-30H2,1-6H3,(H2,51,67)(H2,52,68)(H,53,69)(H,54,70)(H,55,61)(H,56,62). The van der Waals surface area contributed by atoms with Crippen LogP contribution >= 0.6 is 0 Å². The Morgan fingerprint density at radius 2 is 0.889 bits per heavy atom. The number of carbonyl (C=O) groups is 10. The smallest absolute Gasteiger partial charge is 0.407 e. The molecule has 0 spiro atoms. The van der Waals surface area contributed by atoms with E-state index in [1.165, 1.54) is 19.6 Å². The molecule has 3 saturated heterocycles. The summed E-state index contributed by atoms with van der Waals surface area (Å²) in [7, 11) is 0. The van der Waals surface area contributed by atoms with Crippen LogP contribution in [0.1, 0.15) is 102 Å². The third-order valence-electron chi connectivity index (χ3n) is 12.2. The molecule has 2 aromatic carbocycles. The summed E-state index contributed by atoms with van der Waals surface area (Å²) >= 11 is 0. The van der Waals surface area contributed by atoms with Gasteiger partial charge in [0.2, 0.25) is 47.3 Å². The highest BCUT2D eigenvalue weighted by Crippen LogP contribution is 2.22. The summed E-state index contributed by atoms with van der Waals surface area (Å²) in [6, 6.07) is 11.6. The van der Waals surface area contributed by atoms with Crippen molar-refractivity contribution in [1.82, 2.24) is 40.9 Å². The maximum atomic E-state index is 13.3. The number of rotatable bonds is 18. The number of nitrogens with zero attached hydrogens (tertiary/aromatic N) is 4. The van der Waals surface area contributed by atoms with Gasteiger partial charge in [0, 0.05) is 77.0 Å². The first-order valence-electron chi connectivity index (χ1n) is 24.2. The number of nitrogens with one attached hydrogen (secondary N) is 4. The van der Waals surface area contributed by atoms with Gasteiger partial charge in [-0.05, 0) is 89.5 Å². The van der Waals surface area contributed by atoms with Crippen LogP contribution in [0.5, 0.6) is 0 Å². The fraction of sp³-hybridized carbons (Fsp3) is 0.560. The molecule has 4 unspecified atom stereocenters. The Morgan fingerprint density at radius 1 is 0.556 bits per heavy atom. The van der Waals surface area contributed by atoms with Crippen molar-refractivity contribution in [2.24, 2.45) is 11.5 Å². The van der Waals surface area contributed by atoms with Gasteiger partial charge in [0.05, 0.1) is 13.1 Å². The van der Waals surface area contributed by atoms with Gasteiger partial charge >= 0.3 is 12.2 Å². The largest absolute Gasteiger partial charge is 0.444 e. The normalized spacial score (nSPS) is 19.5. The lowest BCUT2D eigenvalue weighted by atomic mass is 10.1. The number of hydrogen-bond donors (Lipinski definition) is 6. The summed E-state index contributed by atoms with van der Waals surface area (Å²) in [6.07, 6.45) is -0.354. The molecule has 3 aliphatic heterocycles. The summed E-state index contributed by atoms with van der Waals surface area (Å²) in [5.74, 6) is -4.01. The number of carbonyl (C=O) groups excluding carboxylic acids is 10. The molecule has 3 aliphatic rings. The second-order valence-electron chi connectivity index (χ2n) is 20.4. The number of amides is 10. The zero-order chi connectivity index (χ0) is 52.9. The van der Waals surface area contributed by atoms with Crippen LogP contribution in [0.4, 0.5) is 9.59 Å². The highest BCUT2D eigenvalue weighted by molar-refractivity contribution is 5.91. The Kier molecular flexibility index (Phi) is 19.1. The maximum absolute atomic E-state index is 13.3.